The molecular formula is C25H28N4O5S. The van der Waals surface area contributed by atoms with Crippen LogP contribution in [0.5, 0.6) is 5.75 Å². The van der Waals surface area contributed by atoms with Crippen molar-refractivity contribution in [3.8, 4) is 5.75 Å². The number of rotatable bonds is 9. The van der Waals surface area contributed by atoms with Crippen LogP contribution in [0.15, 0.2) is 47.8 Å². The van der Waals surface area contributed by atoms with E-state index in [4.69, 9.17) is 9.47 Å². The molecule has 10 heteroatoms. The first-order chi connectivity index (χ1) is 16.9. The number of hydrogen-bond acceptors (Lipinski definition) is 7. The van der Waals surface area contributed by atoms with Gasteiger partial charge in [0.15, 0.2) is 5.69 Å². The molecule has 3 heterocycles. The molecule has 1 aliphatic heterocycles. The smallest absolute Gasteiger partial charge is 0.358 e. The van der Waals surface area contributed by atoms with Gasteiger partial charge >= 0.3 is 5.97 Å². The second-order valence-electron chi connectivity index (χ2n) is 8.35. The molecule has 0 spiro atoms. The van der Waals surface area contributed by atoms with Gasteiger partial charge in [0, 0.05) is 29.6 Å². The van der Waals surface area contributed by atoms with Crippen molar-refractivity contribution in [2.75, 3.05) is 20.3 Å². The number of ether oxygens (including phenoxy) is 2. The summed E-state index contributed by atoms with van der Waals surface area (Å²) in [5.74, 6) is -0.608. The van der Waals surface area contributed by atoms with Gasteiger partial charge < -0.3 is 19.7 Å². The van der Waals surface area contributed by atoms with E-state index in [1.165, 1.54) is 10.7 Å². The molecule has 0 bridgehead atoms. The lowest BCUT2D eigenvalue weighted by Crippen LogP contribution is -2.64. The molecule has 1 aliphatic rings. The number of nitrogens with zero attached hydrogens (tertiary/aromatic N) is 3. The van der Waals surface area contributed by atoms with Crippen LogP contribution in [0.25, 0.3) is 0 Å². The molecule has 0 aliphatic carbocycles. The largest absolute Gasteiger partial charge is 0.496 e. The van der Waals surface area contributed by atoms with Gasteiger partial charge in [0.2, 0.25) is 5.91 Å². The molecule has 1 unspecified atom stereocenters. The Balaban J connectivity index is 1.62. The maximum atomic E-state index is 13.6. The van der Waals surface area contributed by atoms with Crippen molar-refractivity contribution in [3.05, 3.63) is 69.7 Å². The van der Waals surface area contributed by atoms with Crippen molar-refractivity contribution in [2.45, 2.75) is 38.9 Å². The summed E-state index contributed by atoms with van der Waals surface area (Å²) in [6.07, 6.45) is 0.609. The third-order valence-corrected chi connectivity index (χ3v) is 7.00. The van der Waals surface area contributed by atoms with Crippen molar-refractivity contribution in [1.29, 1.82) is 0 Å². The fourth-order valence-electron chi connectivity index (χ4n) is 4.19. The molecule has 1 N–H and O–H groups in total. The Kier molecular flexibility index (Phi) is 7.20. The van der Waals surface area contributed by atoms with Gasteiger partial charge in [0.05, 0.1) is 20.3 Å². The fourth-order valence-corrected chi connectivity index (χ4v) is 4.89. The Morgan fingerprint density at radius 3 is 2.74 bits per heavy atom. The minimum absolute atomic E-state index is 0.0482. The third kappa shape index (κ3) is 4.93. The minimum atomic E-state index is -1.22. The maximum absolute atomic E-state index is 13.6. The molecule has 2 amide bonds. The number of fused-ring (bicyclic) bond motifs is 1. The highest BCUT2D eigenvalue weighted by Crippen LogP contribution is 2.29. The lowest BCUT2D eigenvalue weighted by molar-refractivity contribution is -0.133. The van der Waals surface area contributed by atoms with Crippen LogP contribution in [0.1, 0.15) is 45.3 Å². The SMILES string of the molecule is CCOC(=O)c1cc2n(n1)CC(C)(C(=O)NCc1ccccc1OC)N(CCc1cccs1)C2=O. The molecule has 184 valence electrons. The lowest BCUT2D eigenvalue weighted by Gasteiger charge is -2.43. The van der Waals surface area contributed by atoms with E-state index < -0.39 is 11.5 Å². The zero-order valence-corrected chi connectivity index (χ0v) is 20.8. The first kappa shape index (κ1) is 24.5. The fraction of sp³-hybridized carbons (Fsp3) is 0.360. The number of thiophene rings is 1. The van der Waals surface area contributed by atoms with Gasteiger partial charge in [-0.05, 0) is 37.8 Å². The average molecular weight is 497 g/mol. The zero-order chi connectivity index (χ0) is 25.0. The van der Waals surface area contributed by atoms with Crippen LogP contribution in [0.3, 0.4) is 0 Å². The van der Waals surface area contributed by atoms with Crippen LogP contribution in [-0.2, 0) is 29.0 Å². The number of amides is 2. The summed E-state index contributed by atoms with van der Waals surface area (Å²) < 4.78 is 11.9. The Morgan fingerprint density at radius 1 is 1.23 bits per heavy atom. The van der Waals surface area contributed by atoms with Crippen molar-refractivity contribution in [1.82, 2.24) is 20.0 Å². The van der Waals surface area contributed by atoms with Crippen molar-refractivity contribution >= 4 is 29.1 Å². The molecule has 0 radical (unpaired) electrons. The Morgan fingerprint density at radius 2 is 2.03 bits per heavy atom. The number of carbonyl (C=O) groups is 3. The molecule has 3 aromatic rings. The summed E-state index contributed by atoms with van der Waals surface area (Å²) in [6, 6.07) is 12.8. The van der Waals surface area contributed by atoms with Crippen molar-refractivity contribution in [2.24, 2.45) is 0 Å². The van der Waals surface area contributed by atoms with E-state index in [0.717, 1.165) is 10.4 Å². The van der Waals surface area contributed by atoms with Gasteiger partial charge in [-0.2, -0.15) is 5.10 Å². The van der Waals surface area contributed by atoms with Gasteiger partial charge in [-0.3, -0.25) is 14.3 Å². The number of aromatic nitrogens is 2. The van der Waals surface area contributed by atoms with Crippen LogP contribution in [0.2, 0.25) is 0 Å². The van der Waals surface area contributed by atoms with Gasteiger partial charge in [0.25, 0.3) is 5.91 Å². The van der Waals surface area contributed by atoms with E-state index in [1.54, 1.807) is 37.2 Å². The highest BCUT2D eigenvalue weighted by atomic mass is 32.1. The molecule has 1 aromatic carbocycles. The Labute approximate surface area is 207 Å². The van der Waals surface area contributed by atoms with Gasteiger partial charge in [-0.15, -0.1) is 11.3 Å². The van der Waals surface area contributed by atoms with Crippen LogP contribution in [0.4, 0.5) is 0 Å². The average Bonchev–Trinajstić information content (AvgIpc) is 3.53. The summed E-state index contributed by atoms with van der Waals surface area (Å²) >= 11 is 1.60. The zero-order valence-electron chi connectivity index (χ0n) is 19.9. The molecule has 35 heavy (non-hydrogen) atoms. The summed E-state index contributed by atoms with van der Waals surface area (Å²) in [7, 11) is 1.58. The molecule has 0 saturated carbocycles. The first-order valence-corrected chi connectivity index (χ1v) is 12.2. The lowest BCUT2D eigenvalue weighted by atomic mass is 9.94. The van der Waals surface area contributed by atoms with Gasteiger partial charge in [-0.1, -0.05) is 24.3 Å². The standard InChI is InChI=1S/C25H28N4O5S/c1-4-34-23(31)19-14-20-22(30)28(12-11-18-9-7-13-35-18)25(2,16-29(20)27-19)24(32)26-15-17-8-5-6-10-21(17)33-3/h5-10,13-14H,4,11-12,15-16H2,1-3H3,(H,26,32). The third-order valence-electron chi connectivity index (χ3n) is 6.07. The second-order valence-corrected chi connectivity index (χ2v) is 9.38. The summed E-state index contributed by atoms with van der Waals surface area (Å²) in [5.41, 5.74) is -0.0914. The van der Waals surface area contributed by atoms with E-state index in [0.29, 0.717) is 18.7 Å². The molecular weight excluding hydrogens is 468 g/mol. The number of esters is 1. The van der Waals surface area contributed by atoms with E-state index in [1.807, 2.05) is 41.8 Å². The monoisotopic (exact) mass is 496 g/mol. The van der Waals surface area contributed by atoms with E-state index in [2.05, 4.69) is 10.4 Å². The van der Waals surface area contributed by atoms with Crippen LogP contribution in [-0.4, -0.2) is 58.3 Å². The molecule has 0 saturated heterocycles. The quantitative estimate of drug-likeness (QED) is 0.457. The molecule has 9 nitrogen and oxygen atoms in total. The number of hydrogen-bond donors (Lipinski definition) is 1. The Hall–Kier alpha value is -3.66. The maximum Gasteiger partial charge on any atom is 0.358 e. The highest BCUT2D eigenvalue weighted by molar-refractivity contribution is 7.09. The number of carbonyl (C=O) groups excluding carboxylic acids is 3. The van der Waals surface area contributed by atoms with Crippen molar-refractivity contribution < 1.29 is 23.9 Å². The predicted octanol–water partition coefficient (Wildman–Crippen LogP) is 2.90. The number of nitrogens with one attached hydrogen (secondary N) is 1. The van der Waals surface area contributed by atoms with Crippen LogP contribution >= 0.6 is 11.3 Å². The normalized spacial score (nSPS) is 17.1. The van der Waals surface area contributed by atoms with Gasteiger partial charge in [0.1, 0.15) is 17.0 Å². The van der Waals surface area contributed by atoms with Gasteiger partial charge in [-0.25, -0.2) is 4.79 Å². The number of methoxy groups -OCH3 is 1. The van der Waals surface area contributed by atoms with Crippen LogP contribution in [0, 0.1) is 0 Å². The Bertz CT molecular complexity index is 1220. The van der Waals surface area contributed by atoms with Crippen molar-refractivity contribution in [3.63, 3.8) is 0 Å². The second kappa shape index (κ2) is 10.3. The highest BCUT2D eigenvalue weighted by Gasteiger charge is 2.48. The predicted molar refractivity (Wildman–Crippen MR) is 130 cm³/mol. The summed E-state index contributed by atoms with van der Waals surface area (Å²) in [4.78, 5) is 42.1. The summed E-state index contributed by atoms with van der Waals surface area (Å²) in [6.45, 7) is 4.32. The van der Waals surface area contributed by atoms with E-state index in [9.17, 15) is 14.4 Å². The molecule has 2 aromatic heterocycles. The molecule has 0 fully saturated rings. The topological polar surface area (TPSA) is 103 Å². The molecule has 4 rings (SSSR count). The number of benzene rings is 1. The van der Waals surface area contributed by atoms with E-state index >= 15 is 0 Å². The first-order valence-electron chi connectivity index (χ1n) is 11.4. The van der Waals surface area contributed by atoms with E-state index in [-0.39, 0.29) is 42.9 Å². The molecule has 1 atom stereocenters. The number of para-hydroxylation sites is 1. The minimum Gasteiger partial charge on any atom is -0.496 e. The van der Waals surface area contributed by atoms with Crippen LogP contribution < -0.4 is 10.1 Å². The summed E-state index contributed by atoms with van der Waals surface area (Å²) in [5, 5.41) is 9.23.